The van der Waals surface area contributed by atoms with Gasteiger partial charge in [-0.3, -0.25) is 9.59 Å². The molecule has 2 fully saturated rings. The summed E-state index contributed by atoms with van der Waals surface area (Å²) in [6.07, 6.45) is 0.398. The maximum atomic E-state index is 13.6. The second kappa shape index (κ2) is 10.4. The number of urea groups is 1. The normalized spacial score (nSPS) is 20.6. The number of carbonyl (C=O) groups is 3. The molecule has 0 bridgehead atoms. The van der Waals surface area contributed by atoms with Crippen LogP contribution in [0.15, 0.2) is 54.6 Å². The van der Waals surface area contributed by atoms with Crippen molar-refractivity contribution >= 4 is 29.2 Å². The Morgan fingerprint density at radius 3 is 2.23 bits per heavy atom. The van der Waals surface area contributed by atoms with Crippen molar-refractivity contribution in [3.8, 4) is 5.75 Å². The third-order valence-electron chi connectivity index (χ3n) is 6.79. The van der Waals surface area contributed by atoms with Gasteiger partial charge in [0.2, 0.25) is 5.91 Å². The van der Waals surface area contributed by atoms with Gasteiger partial charge in [0.25, 0.3) is 5.91 Å². The molecular weight excluding hydrogens is 448 g/mol. The van der Waals surface area contributed by atoms with E-state index in [0.717, 1.165) is 5.69 Å². The van der Waals surface area contributed by atoms with E-state index in [1.165, 1.54) is 0 Å². The van der Waals surface area contributed by atoms with E-state index in [9.17, 15) is 14.4 Å². The Bertz CT molecular complexity index is 1060. The second-order valence-corrected chi connectivity index (χ2v) is 9.02. The molecule has 1 N–H and O–H groups in total. The molecular formula is C26H30N4O5. The van der Waals surface area contributed by atoms with Crippen molar-refractivity contribution in [2.75, 3.05) is 56.2 Å². The van der Waals surface area contributed by atoms with Crippen molar-refractivity contribution in [2.24, 2.45) is 5.92 Å². The molecule has 2 aromatic rings. The zero-order valence-electron chi connectivity index (χ0n) is 19.6. The number of nitrogens with zero attached hydrogens (tertiary/aromatic N) is 3. The summed E-state index contributed by atoms with van der Waals surface area (Å²) in [5.41, 5.74) is 1.43. The number of carbonyl (C=O) groups excluding carboxylic acids is 3. The molecule has 0 aliphatic carbocycles. The van der Waals surface area contributed by atoms with Gasteiger partial charge in [0, 0.05) is 37.8 Å². The van der Waals surface area contributed by atoms with Crippen molar-refractivity contribution in [1.82, 2.24) is 9.80 Å². The fourth-order valence-corrected chi connectivity index (χ4v) is 4.83. The van der Waals surface area contributed by atoms with Gasteiger partial charge in [-0.25, -0.2) is 4.79 Å². The van der Waals surface area contributed by atoms with Crippen LogP contribution < -0.4 is 15.0 Å². The molecule has 0 radical (unpaired) electrons. The molecule has 9 heteroatoms. The number of benzene rings is 2. The molecule has 9 nitrogen and oxygen atoms in total. The van der Waals surface area contributed by atoms with E-state index >= 15 is 0 Å². The van der Waals surface area contributed by atoms with Crippen molar-refractivity contribution < 1.29 is 23.9 Å². The van der Waals surface area contributed by atoms with Gasteiger partial charge < -0.3 is 29.5 Å². The summed E-state index contributed by atoms with van der Waals surface area (Å²) in [7, 11) is 0. The Kier molecular flexibility index (Phi) is 6.85. The van der Waals surface area contributed by atoms with Crippen molar-refractivity contribution in [2.45, 2.75) is 18.9 Å². The number of fused-ring (bicyclic) bond motifs is 1. The minimum absolute atomic E-state index is 0.0244. The number of morpholine rings is 1. The van der Waals surface area contributed by atoms with Gasteiger partial charge in [-0.05, 0) is 37.1 Å². The smallest absolute Gasteiger partial charge is 0.321 e. The average Bonchev–Trinajstić information content (AvgIpc) is 2.92. The van der Waals surface area contributed by atoms with Gasteiger partial charge in [-0.15, -0.1) is 0 Å². The summed E-state index contributed by atoms with van der Waals surface area (Å²) in [5.74, 6) is 0.177. The van der Waals surface area contributed by atoms with Crippen LogP contribution in [0.2, 0.25) is 0 Å². The van der Waals surface area contributed by atoms with E-state index < -0.39 is 6.10 Å². The quantitative estimate of drug-likeness (QED) is 0.732. The zero-order valence-corrected chi connectivity index (χ0v) is 19.6. The van der Waals surface area contributed by atoms with Crippen LogP contribution in [0.1, 0.15) is 12.8 Å². The molecule has 1 atom stereocenters. The average molecular weight is 479 g/mol. The molecule has 0 aromatic heterocycles. The SMILES string of the molecule is O=C(Nc1ccccc1)N1CCC(C(=O)N2C[C@@H](C(=O)N3CCOCC3)Oc3ccccc32)CC1. The van der Waals surface area contributed by atoms with Crippen molar-refractivity contribution in [3.05, 3.63) is 54.6 Å². The summed E-state index contributed by atoms with van der Waals surface area (Å²) in [5, 5.41) is 2.91. The van der Waals surface area contributed by atoms with Gasteiger partial charge in [-0.2, -0.15) is 0 Å². The number of para-hydroxylation sites is 3. The maximum Gasteiger partial charge on any atom is 0.321 e. The third-order valence-corrected chi connectivity index (χ3v) is 6.79. The summed E-state index contributed by atoms with van der Waals surface area (Å²) in [4.78, 5) is 44.6. The number of anilines is 2. The van der Waals surface area contributed by atoms with E-state index in [0.29, 0.717) is 63.7 Å². The number of rotatable bonds is 3. The zero-order chi connectivity index (χ0) is 24.2. The Balaban J connectivity index is 1.24. The van der Waals surface area contributed by atoms with Crippen LogP contribution in [-0.4, -0.2) is 79.7 Å². The van der Waals surface area contributed by atoms with Gasteiger partial charge >= 0.3 is 6.03 Å². The first kappa shape index (κ1) is 23.2. The van der Waals surface area contributed by atoms with Crippen LogP contribution in [0.25, 0.3) is 0 Å². The molecule has 184 valence electrons. The first-order valence-electron chi connectivity index (χ1n) is 12.1. The summed E-state index contributed by atoms with van der Waals surface area (Å²) >= 11 is 0. The highest BCUT2D eigenvalue weighted by Crippen LogP contribution is 2.35. The Hall–Kier alpha value is -3.59. The van der Waals surface area contributed by atoms with Crippen LogP contribution in [0.3, 0.4) is 0 Å². The highest BCUT2D eigenvalue weighted by atomic mass is 16.5. The van der Waals surface area contributed by atoms with Gasteiger partial charge in [0.15, 0.2) is 6.10 Å². The Labute approximate surface area is 204 Å². The fourth-order valence-electron chi connectivity index (χ4n) is 4.83. The standard InChI is InChI=1S/C26H30N4O5/c31-24(19-10-12-29(13-11-19)26(33)27-20-6-2-1-3-7-20)30-18-23(25(32)28-14-16-34-17-15-28)35-22-9-5-4-8-21(22)30/h1-9,19,23H,10-18H2,(H,27,33)/t23-/m0/s1. The maximum absolute atomic E-state index is 13.6. The van der Waals surface area contributed by atoms with Crippen LogP contribution in [0, 0.1) is 5.92 Å². The summed E-state index contributed by atoms with van der Waals surface area (Å²) < 4.78 is 11.4. The summed E-state index contributed by atoms with van der Waals surface area (Å²) in [6, 6.07) is 16.5. The van der Waals surface area contributed by atoms with Crippen molar-refractivity contribution in [3.63, 3.8) is 0 Å². The van der Waals surface area contributed by atoms with Gasteiger partial charge in [-0.1, -0.05) is 30.3 Å². The molecule has 0 saturated carbocycles. The molecule has 3 aliphatic rings. The lowest BCUT2D eigenvalue weighted by atomic mass is 9.94. The van der Waals surface area contributed by atoms with Crippen LogP contribution in [0.5, 0.6) is 5.75 Å². The molecule has 4 amide bonds. The number of piperidine rings is 1. The van der Waals surface area contributed by atoms with E-state index in [-0.39, 0.29) is 30.3 Å². The largest absolute Gasteiger partial charge is 0.476 e. The Morgan fingerprint density at radius 2 is 1.49 bits per heavy atom. The predicted octanol–water partition coefficient (Wildman–Crippen LogP) is 2.58. The highest BCUT2D eigenvalue weighted by Gasteiger charge is 2.39. The van der Waals surface area contributed by atoms with E-state index in [1.807, 2.05) is 48.5 Å². The summed E-state index contributed by atoms with van der Waals surface area (Å²) in [6.45, 7) is 3.24. The molecule has 2 aromatic carbocycles. The highest BCUT2D eigenvalue weighted by molar-refractivity contribution is 5.99. The minimum atomic E-state index is -0.747. The van der Waals surface area contributed by atoms with Crippen LogP contribution in [0.4, 0.5) is 16.2 Å². The second-order valence-electron chi connectivity index (χ2n) is 9.02. The lowest BCUT2D eigenvalue weighted by molar-refractivity contribution is -0.143. The lowest BCUT2D eigenvalue weighted by Crippen LogP contribution is -2.55. The van der Waals surface area contributed by atoms with Gasteiger partial charge in [0.05, 0.1) is 25.4 Å². The fraction of sp³-hybridized carbons (Fsp3) is 0.423. The molecule has 0 unspecified atom stereocenters. The number of ether oxygens (including phenoxy) is 2. The van der Waals surface area contributed by atoms with E-state index in [4.69, 9.17) is 9.47 Å². The molecule has 5 rings (SSSR count). The molecule has 35 heavy (non-hydrogen) atoms. The number of nitrogens with one attached hydrogen (secondary N) is 1. The predicted molar refractivity (Wildman–Crippen MR) is 130 cm³/mol. The number of amides is 4. The Morgan fingerprint density at radius 1 is 0.800 bits per heavy atom. The molecule has 3 heterocycles. The first-order valence-corrected chi connectivity index (χ1v) is 12.1. The van der Waals surface area contributed by atoms with Gasteiger partial charge in [0.1, 0.15) is 5.75 Å². The number of hydrogen-bond acceptors (Lipinski definition) is 5. The van der Waals surface area contributed by atoms with E-state index in [1.54, 1.807) is 20.8 Å². The van der Waals surface area contributed by atoms with E-state index in [2.05, 4.69) is 5.32 Å². The van der Waals surface area contributed by atoms with Crippen molar-refractivity contribution in [1.29, 1.82) is 0 Å². The molecule has 3 aliphatic heterocycles. The van der Waals surface area contributed by atoms with Crippen LogP contribution in [-0.2, 0) is 14.3 Å². The van der Waals surface area contributed by atoms with Crippen LogP contribution >= 0.6 is 0 Å². The number of hydrogen-bond donors (Lipinski definition) is 1. The molecule has 2 saturated heterocycles. The molecule has 0 spiro atoms. The minimum Gasteiger partial charge on any atom is -0.476 e. The lowest BCUT2D eigenvalue weighted by Gasteiger charge is -2.39. The topological polar surface area (TPSA) is 91.4 Å². The first-order chi connectivity index (χ1) is 17.1. The monoisotopic (exact) mass is 478 g/mol. The third kappa shape index (κ3) is 5.09. The number of likely N-dealkylation sites (tertiary alicyclic amines) is 1.